The fourth-order valence-corrected chi connectivity index (χ4v) is 2.54. The lowest BCUT2D eigenvalue weighted by atomic mass is 10.2. The lowest BCUT2D eigenvalue weighted by Crippen LogP contribution is -2.01. The quantitative estimate of drug-likeness (QED) is 0.546. The fraction of sp³-hybridized carbons (Fsp3) is 0.312. The number of ketones is 1. The molecule has 0 fully saturated rings. The Hall–Kier alpha value is -1.65. The summed E-state index contributed by atoms with van der Waals surface area (Å²) in [4.78, 5) is 12.6. The second-order valence-electron chi connectivity index (χ2n) is 4.41. The normalized spacial score (nSPS) is 10.4. The second-order valence-corrected chi connectivity index (χ2v) is 5.36. The van der Waals surface area contributed by atoms with Crippen molar-refractivity contribution in [1.82, 2.24) is 0 Å². The van der Waals surface area contributed by atoms with Crippen LogP contribution in [0.4, 0.5) is 0 Å². The molecule has 0 amide bonds. The SMILES string of the molecule is COc1cccc(COCCCC(=O)c2cccs2)c1. The predicted molar refractivity (Wildman–Crippen MR) is 80.5 cm³/mol. The molecule has 20 heavy (non-hydrogen) atoms. The summed E-state index contributed by atoms with van der Waals surface area (Å²) in [6.45, 7) is 1.14. The zero-order valence-corrected chi connectivity index (χ0v) is 12.3. The van der Waals surface area contributed by atoms with Gasteiger partial charge in [-0.3, -0.25) is 4.79 Å². The van der Waals surface area contributed by atoms with E-state index in [4.69, 9.17) is 9.47 Å². The molecular formula is C16H18O3S. The van der Waals surface area contributed by atoms with Crippen LogP contribution in [0.2, 0.25) is 0 Å². The fourth-order valence-electron chi connectivity index (χ4n) is 1.85. The van der Waals surface area contributed by atoms with E-state index in [1.54, 1.807) is 7.11 Å². The molecule has 3 nitrogen and oxygen atoms in total. The van der Waals surface area contributed by atoms with Gasteiger partial charge < -0.3 is 9.47 Å². The van der Waals surface area contributed by atoms with Gasteiger partial charge in [0.25, 0.3) is 0 Å². The van der Waals surface area contributed by atoms with Gasteiger partial charge in [-0.1, -0.05) is 18.2 Å². The highest BCUT2D eigenvalue weighted by Crippen LogP contribution is 2.14. The van der Waals surface area contributed by atoms with E-state index in [0.29, 0.717) is 19.6 Å². The molecule has 0 aliphatic carbocycles. The number of benzene rings is 1. The highest BCUT2D eigenvalue weighted by Gasteiger charge is 2.06. The lowest BCUT2D eigenvalue weighted by molar-refractivity contribution is 0.0922. The van der Waals surface area contributed by atoms with E-state index in [0.717, 1.165) is 22.6 Å². The maximum atomic E-state index is 11.8. The van der Waals surface area contributed by atoms with Crippen molar-refractivity contribution in [1.29, 1.82) is 0 Å². The minimum absolute atomic E-state index is 0.199. The van der Waals surface area contributed by atoms with Crippen LogP contribution < -0.4 is 4.74 Å². The van der Waals surface area contributed by atoms with Crippen LogP contribution >= 0.6 is 11.3 Å². The van der Waals surface area contributed by atoms with Gasteiger partial charge >= 0.3 is 0 Å². The molecule has 0 saturated carbocycles. The van der Waals surface area contributed by atoms with Crippen molar-refractivity contribution >= 4 is 17.1 Å². The van der Waals surface area contributed by atoms with E-state index in [9.17, 15) is 4.79 Å². The highest BCUT2D eigenvalue weighted by atomic mass is 32.1. The largest absolute Gasteiger partial charge is 0.497 e. The van der Waals surface area contributed by atoms with Crippen LogP contribution in [0.1, 0.15) is 28.1 Å². The first-order chi connectivity index (χ1) is 9.79. The number of methoxy groups -OCH3 is 1. The van der Waals surface area contributed by atoms with Crippen molar-refractivity contribution in [3.63, 3.8) is 0 Å². The first-order valence-corrected chi connectivity index (χ1v) is 7.45. The van der Waals surface area contributed by atoms with Gasteiger partial charge in [0.15, 0.2) is 5.78 Å². The van der Waals surface area contributed by atoms with Crippen LogP contribution in [-0.4, -0.2) is 19.5 Å². The summed E-state index contributed by atoms with van der Waals surface area (Å²) in [5.41, 5.74) is 1.08. The molecule has 0 saturated heterocycles. The minimum Gasteiger partial charge on any atom is -0.497 e. The van der Waals surface area contributed by atoms with Crippen LogP contribution in [0.5, 0.6) is 5.75 Å². The smallest absolute Gasteiger partial charge is 0.172 e. The number of hydrogen-bond acceptors (Lipinski definition) is 4. The zero-order valence-electron chi connectivity index (χ0n) is 11.5. The number of hydrogen-bond donors (Lipinski definition) is 0. The van der Waals surface area contributed by atoms with E-state index in [1.165, 1.54) is 11.3 Å². The van der Waals surface area contributed by atoms with Crippen molar-refractivity contribution in [2.24, 2.45) is 0 Å². The molecule has 2 rings (SSSR count). The molecule has 0 atom stereocenters. The summed E-state index contributed by atoms with van der Waals surface area (Å²) < 4.78 is 10.7. The van der Waals surface area contributed by atoms with Crippen LogP contribution in [0.25, 0.3) is 0 Å². The third-order valence-electron chi connectivity index (χ3n) is 2.89. The maximum Gasteiger partial charge on any atom is 0.172 e. The summed E-state index contributed by atoms with van der Waals surface area (Å²) in [5, 5.41) is 1.92. The maximum absolute atomic E-state index is 11.8. The number of rotatable bonds is 8. The summed E-state index contributed by atoms with van der Waals surface area (Å²) in [6.07, 6.45) is 1.29. The van der Waals surface area contributed by atoms with Crippen molar-refractivity contribution in [2.45, 2.75) is 19.4 Å². The number of ether oxygens (including phenoxy) is 2. The molecule has 4 heteroatoms. The summed E-state index contributed by atoms with van der Waals surface area (Å²) in [5.74, 6) is 1.03. The Bertz CT molecular complexity index is 534. The van der Waals surface area contributed by atoms with Crippen molar-refractivity contribution in [3.05, 3.63) is 52.2 Å². The molecule has 0 unspecified atom stereocenters. The predicted octanol–water partition coefficient (Wildman–Crippen LogP) is 3.94. The topological polar surface area (TPSA) is 35.5 Å². The van der Waals surface area contributed by atoms with E-state index < -0.39 is 0 Å². The molecule has 0 aliphatic rings. The molecule has 0 aliphatic heterocycles. The van der Waals surface area contributed by atoms with Crippen LogP contribution in [-0.2, 0) is 11.3 Å². The first-order valence-electron chi connectivity index (χ1n) is 6.57. The van der Waals surface area contributed by atoms with Crippen molar-refractivity contribution < 1.29 is 14.3 Å². The minimum atomic E-state index is 0.199. The molecule has 1 aromatic heterocycles. The standard InChI is InChI=1S/C16H18O3S/c1-18-14-6-2-5-13(11-14)12-19-9-3-7-15(17)16-8-4-10-20-16/h2,4-6,8,10-11H,3,7,9,12H2,1H3. The third-order valence-corrected chi connectivity index (χ3v) is 3.80. The van der Waals surface area contributed by atoms with Gasteiger partial charge in [0.05, 0.1) is 18.6 Å². The van der Waals surface area contributed by atoms with Gasteiger partial charge in [0.2, 0.25) is 0 Å². The third kappa shape index (κ3) is 4.47. The Kier molecular flexibility index (Phi) is 5.77. The Labute approximate surface area is 123 Å². The van der Waals surface area contributed by atoms with Gasteiger partial charge in [-0.05, 0) is 35.6 Å². The van der Waals surface area contributed by atoms with Gasteiger partial charge in [0.1, 0.15) is 5.75 Å². The second kappa shape index (κ2) is 7.82. The van der Waals surface area contributed by atoms with Crippen LogP contribution in [0.15, 0.2) is 41.8 Å². The van der Waals surface area contributed by atoms with Crippen LogP contribution in [0, 0.1) is 0 Å². The van der Waals surface area contributed by atoms with E-state index in [1.807, 2.05) is 41.8 Å². The molecule has 1 heterocycles. The monoisotopic (exact) mass is 290 g/mol. The van der Waals surface area contributed by atoms with Gasteiger partial charge in [-0.25, -0.2) is 0 Å². The Morgan fingerprint density at radius 2 is 2.15 bits per heavy atom. The first kappa shape index (κ1) is 14.8. The van der Waals surface area contributed by atoms with Crippen molar-refractivity contribution in [2.75, 3.05) is 13.7 Å². The molecule has 0 N–H and O–H groups in total. The highest BCUT2D eigenvalue weighted by molar-refractivity contribution is 7.12. The number of carbonyl (C=O) groups excluding carboxylic acids is 1. The zero-order chi connectivity index (χ0) is 14.2. The molecule has 0 radical (unpaired) electrons. The average Bonchev–Trinajstić information content (AvgIpc) is 3.01. The van der Waals surface area contributed by atoms with E-state index in [-0.39, 0.29) is 5.78 Å². The molecule has 106 valence electrons. The number of Topliss-reactive ketones (excluding diaryl/α,β-unsaturated/α-hetero) is 1. The molecule has 2 aromatic rings. The molecule has 0 spiro atoms. The van der Waals surface area contributed by atoms with Crippen molar-refractivity contribution in [3.8, 4) is 5.75 Å². The van der Waals surface area contributed by atoms with Gasteiger partial charge in [-0.2, -0.15) is 0 Å². The van der Waals surface area contributed by atoms with E-state index >= 15 is 0 Å². The van der Waals surface area contributed by atoms with E-state index in [2.05, 4.69) is 0 Å². The average molecular weight is 290 g/mol. The summed E-state index contributed by atoms with van der Waals surface area (Å²) >= 11 is 1.49. The van der Waals surface area contributed by atoms with Crippen LogP contribution in [0.3, 0.4) is 0 Å². The van der Waals surface area contributed by atoms with Gasteiger partial charge in [-0.15, -0.1) is 11.3 Å². The summed E-state index contributed by atoms with van der Waals surface area (Å²) in [7, 11) is 1.65. The lowest BCUT2D eigenvalue weighted by Gasteiger charge is -2.06. The molecular weight excluding hydrogens is 272 g/mol. The number of carbonyl (C=O) groups is 1. The molecule has 1 aromatic carbocycles. The number of thiophene rings is 1. The Balaban J connectivity index is 1.65. The van der Waals surface area contributed by atoms with Gasteiger partial charge in [0, 0.05) is 13.0 Å². The Morgan fingerprint density at radius 1 is 1.25 bits per heavy atom. The Morgan fingerprint density at radius 3 is 2.90 bits per heavy atom. The molecule has 0 bridgehead atoms. The summed E-state index contributed by atoms with van der Waals surface area (Å²) in [6, 6.07) is 11.6.